The summed E-state index contributed by atoms with van der Waals surface area (Å²) in [5.74, 6) is 0. The summed E-state index contributed by atoms with van der Waals surface area (Å²) in [6, 6.07) is 22.1. The number of para-hydroxylation sites is 1. The van der Waals surface area contributed by atoms with Crippen molar-refractivity contribution >= 4 is 31.6 Å². The number of hydrogen-bond acceptors (Lipinski definition) is 2. The average Bonchev–Trinajstić information content (AvgIpc) is 2.58. The highest BCUT2D eigenvalue weighted by Crippen LogP contribution is 2.30. The van der Waals surface area contributed by atoms with E-state index in [-0.39, 0.29) is 4.90 Å². The molecule has 3 aromatic carbocycles. The molecule has 0 spiro atoms. The lowest BCUT2D eigenvalue weighted by atomic mass is 10.0. The highest BCUT2D eigenvalue weighted by atomic mass is 79.9. The van der Waals surface area contributed by atoms with Crippen LogP contribution in [0.15, 0.2) is 82.2 Å². The Bertz CT molecular complexity index is 970. The van der Waals surface area contributed by atoms with E-state index in [9.17, 15) is 8.42 Å². The lowest BCUT2D eigenvalue weighted by Crippen LogP contribution is -2.13. The van der Waals surface area contributed by atoms with Crippen LogP contribution in [0, 0.1) is 6.92 Å². The predicted octanol–water partition coefficient (Wildman–Crippen LogP) is 5.23. The normalized spacial score (nSPS) is 11.2. The zero-order chi connectivity index (χ0) is 17.2. The van der Waals surface area contributed by atoms with Gasteiger partial charge in [0.1, 0.15) is 0 Å². The Hall–Kier alpha value is -2.11. The molecule has 3 rings (SSSR count). The third kappa shape index (κ3) is 3.52. The van der Waals surface area contributed by atoms with Gasteiger partial charge in [-0.05, 0) is 42.3 Å². The van der Waals surface area contributed by atoms with Gasteiger partial charge in [0.2, 0.25) is 0 Å². The standard InChI is InChI=1S/C19H16BrNO2S/c1-14-13-16(11-12-18(14)20)24(22,23)21-19-10-6-5-9-17(19)15-7-3-2-4-8-15/h2-13,21H,1H3. The molecule has 122 valence electrons. The average molecular weight is 402 g/mol. The van der Waals surface area contributed by atoms with Crippen molar-refractivity contribution in [2.24, 2.45) is 0 Å². The largest absolute Gasteiger partial charge is 0.279 e. The molecule has 0 saturated carbocycles. The maximum Gasteiger partial charge on any atom is 0.261 e. The van der Waals surface area contributed by atoms with Gasteiger partial charge in [0.25, 0.3) is 10.0 Å². The molecule has 0 amide bonds. The van der Waals surface area contributed by atoms with E-state index in [1.54, 1.807) is 24.3 Å². The summed E-state index contributed by atoms with van der Waals surface area (Å²) >= 11 is 3.39. The minimum atomic E-state index is -3.65. The second-order valence-electron chi connectivity index (χ2n) is 5.43. The van der Waals surface area contributed by atoms with Crippen molar-refractivity contribution < 1.29 is 8.42 Å². The number of benzene rings is 3. The first kappa shape index (κ1) is 16.7. The molecule has 0 bridgehead atoms. The van der Waals surface area contributed by atoms with Crippen LogP contribution in [0.1, 0.15) is 5.56 Å². The predicted molar refractivity (Wildman–Crippen MR) is 102 cm³/mol. The summed E-state index contributed by atoms with van der Waals surface area (Å²) in [5.41, 5.74) is 3.23. The summed E-state index contributed by atoms with van der Waals surface area (Å²) in [6.07, 6.45) is 0. The van der Waals surface area contributed by atoms with Gasteiger partial charge in [0, 0.05) is 10.0 Å². The molecule has 0 aliphatic carbocycles. The summed E-state index contributed by atoms with van der Waals surface area (Å²) in [7, 11) is -3.65. The molecule has 0 saturated heterocycles. The molecule has 3 aromatic rings. The van der Waals surface area contributed by atoms with Gasteiger partial charge in [-0.15, -0.1) is 0 Å². The van der Waals surface area contributed by atoms with Gasteiger partial charge in [-0.3, -0.25) is 4.72 Å². The Kier molecular flexibility index (Phi) is 4.73. The molecule has 0 radical (unpaired) electrons. The van der Waals surface area contributed by atoms with Crippen LogP contribution in [0.25, 0.3) is 11.1 Å². The molecule has 0 aliphatic heterocycles. The fraction of sp³-hybridized carbons (Fsp3) is 0.0526. The van der Waals surface area contributed by atoms with E-state index in [2.05, 4.69) is 20.7 Å². The van der Waals surface area contributed by atoms with Gasteiger partial charge in [0.15, 0.2) is 0 Å². The molecule has 5 heteroatoms. The van der Waals surface area contributed by atoms with Crippen LogP contribution in [0.2, 0.25) is 0 Å². The van der Waals surface area contributed by atoms with Gasteiger partial charge in [-0.25, -0.2) is 8.42 Å². The van der Waals surface area contributed by atoms with Gasteiger partial charge in [0.05, 0.1) is 10.6 Å². The lowest BCUT2D eigenvalue weighted by molar-refractivity contribution is 0.601. The van der Waals surface area contributed by atoms with Crippen LogP contribution < -0.4 is 4.72 Å². The third-order valence-electron chi connectivity index (χ3n) is 3.70. The Morgan fingerprint density at radius 2 is 1.54 bits per heavy atom. The van der Waals surface area contributed by atoms with Crippen molar-refractivity contribution in [3.05, 3.63) is 82.8 Å². The summed E-state index contributed by atoms with van der Waals surface area (Å²) < 4.78 is 29.0. The molecule has 0 aliphatic rings. The molecular formula is C19H16BrNO2S. The van der Waals surface area contributed by atoms with E-state index in [0.29, 0.717) is 5.69 Å². The van der Waals surface area contributed by atoms with Crippen LogP contribution in [0.4, 0.5) is 5.69 Å². The summed E-state index contributed by atoms with van der Waals surface area (Å²) in [6.45, 7) is 1.86. The van der Waals surface area contributed by atoms with Crippen molar-refractivity contribution in [2.75, 3.05) is 4.72 Å². The second-order valence-corrected chi connectivity index (χ2v) is 7.96. The maximum atomic E-state index is 12.7. The fourth-order valence-electron chi connectivity index (χ4n) is 2.43. The number of halogens is 1. The zero-order valence-corrected chi connectivity index (χ0v) is 15.4. The van der Waals surface area contributed by atoms with Crippen molar-refractivity contribution in [1.82, 2.24) is 0 Å². The molecule has 3 nitrogen and oxygen atoms in total. The van der Waals surface area contributed by atoms with Crippen LogP contribution in [-0.2, 0) is 10.0 Å². The van der Waals surface area contributed by atoms with Gasteiger partial charge < -0.3 is 0 Å². The number of rotatable bonds is 4. The number of aryl methyl sites for hydroxylation is 1. The Morgan fingerprint density at radius 1 is 0.875 bits per heavy atom. The Morgan fingerprint density at radius 3 is 2.25 bits per heavy atom. The van der Waals surface area contributed by atoms with E-state index in [0.717, 1.165) is 21.2 Å². The second kappa shape index (κ2) is 6.79. The highest BCUT2D eigenvalue weighted by molar-refractivity contribution is 9.10. The quantitative estimate of drug-likeness (QED) is 0.650. The first-order valence-electron chi connectivity index (χ1n) is 7.41. The molecule has 0 heterocycles. The highest BCUT2D eigenvalue weighted by Gasteiger charge is 2.17. The summed E-state index contributed by atoms with van der Waals surface area (Å²) in [5, 5.41) is 0. The molecule has 0 fully saturated rings. The van der Waals surface area contributed by atoms with Crippen molar-refractivity contribution in [3.8, 4) is 11.1 Å². The smallest absolute Gasteiger partial charge is 0.261 e. The van der Waals surface area contributed by atoms with E-state index in [1.165, 1.54) is 0 Å². The summed E-state index contributed by atoms with van der Waals surface area (Å²) in [4.78, 5) is 0.242. The van der Waals surface area contributed by atoms with E-state index in [1.807, 2.05) is 55.5 Å². The van der Waals surface area contributed by atoms with Gasteiger partial charge >= 0.3 is 0 Å². The maximum absolute atomic E-state index is 12.7. The zero-order valence-electron chi connectivity index (χ0n) is 13.0. The van der Waals surface area contributed by atoms with Gasteiger partial charge in [-0.2, -0.15) is 0 Å². The van der Waals surface area contributed by atoms with E-state index < -0.39 is 10.0 Å². The molecule has 0 aromatic heterocycles. The molecule has 0 atom stereocenters. The van der Waals surface area contributed by atoms with E-state index in [4.69, 9.17) is 0 Å². The van der Waals surface area contributed by atoms with Crippen LogP contribution in [0.3, 0.4) is 0 Å². The van der Waals surface area contributed by atoms with Crippen LogP contribution in [0.5, 0.6) is 0 Å². The third-order valence-corrected chi connectivity index (χ3v) is 5.95. The van der Waals surface area contributed by atoms with Gasteiger partial charge in [-0.1, -0.05) is 64.5 Å². The Balaban J connectivity index is 2.01. The SMILES string of the molecule is Cc1cc(S(=O)(=O)Nc2ccccc2-c2ccccc2)ccc1Br. The first-order valence-corrected chi connectivity index (χ1v) is 9.68. The molecule has 0 unspecified atom stereocenters. The molecule has 1 N–H and O–H groups in total. The number of sulfonamides is 1. The Labute approximate surface area is 150 Å². The van der Waals surface area contributed by atoms with Crippen molar-refractivity contribution in [1.29, 1.82) is 0 Å². The van der Waals surface area contributed by atoms with Crippen LogP contribution >= 0.6 is 15.9 Å². The number of nitrogens with one attached hydrogen (secondary N) is 1. The lowest BCUT2D eigenvalue weighted by Gasteiger charge is -2.13. The van der Waals surface area contributed by atoms with Crippen molar-refractivity contribution in [3.63, 3.8) is 0 Å². The topological polar surface area (TPSA) is 46.2 Å². The van der Waals surface area contributed by atoms with Crippen LogP contribution in [-0.4, -0.2) is 8.42 Å². The molecule has 24 heavy (non-hydrogen) atoms. The minimum absolute atomic E-state index is 0.242. The minimum Gasteiger partial charge on any atom is -0.279 e. The number of anilines is 1. The molecular weight excluding hydrogens is 386 g/mol. The first-order chi connectivity index (χ1) is 11.5. The fourth-order valence-corrected chi connectivity index (χ4v) is 3.84. The number of hydrogen-bond donors (Lipinski definition) is 1. The van der Waals surface area contributed by atoms with Crippen molar-refractivity contribution in [2.45, 2.75) is 11.8 Å². The van der Waals surface area contributed by atoms with E-state index >= 15 is 0 Å². The monoisotopic (exact) mass is 401 g/mol.